The highest BCUT2D eigenvalue weighted by molar-refractivity contribution is 5.81. The average molecular weight is 418 g/mol. The molecule has 0 spiro atoms. The van der Waals surface area contributed by atoms with E-state index in [0.717, 1.165) is 17.7 Å². The Balaban J connectivity index is 1.64. The lowest BCUT2D eigenvalue weighted by Crippen LogP contribution is -2.46. The number of amides is 2. The molecule has 1 saturated heterocycles. The molecule has 1 heterocycles. The van der Waals surface area contributed by atoms with Crippen LogP contribution in [-0.4, -0.2) is 29.8 Å². The normalized spacial score (nSPS) is 19.4. The summed E-state index contributed by atoms with van der Waals surface area (Å²) in [4.78, 5) is 26.3. The Hall–Kier alpha value is -2.83. The summed E-state index contributed by atoms with van der Waals surface area (Å²) < 4.78 is 39.2. The molecule has 2 amide bonds. The Morgan fingerprint density at radius 2 is 1.80 bits per heavy atom. The minimum absolute atomic E-state index is 0.125. The molecule has 2 aromatic rings. The van der Waals surface area contributed by atoms with Crippen LogP contribution in [0.15, 0.2) is 54.6 Å². The van der Waals surface area contributed by atoms with Gasteiger partial charge in [-0.3, -0.25) is 9.59 Å². The smallest absolute Gasteiger partial charge is 0.355 e. The summed E-state index contributed by atoms with van der Waals surface area (Å²) in [6, 6.07) is 14.4. The molecule has 3 rings (SSSR count). The fourth-order valence-corrected chi connectivity index (χ4v) is 3.92. The van der Waals surface area contributed by atoms with Gasteiger partial charge in [-0.15, -0.1) is 0 Å². The van der Waals surface area contributed by atoms with Gasteiger partial charge in [-0.25, -0.2) is 0 Å². The van der Waals surface area contributed by atoms with Crippen LogP contribution in [0.5, 0.6) is 0 Å². The fraction of sp³-hybridized carbons (Fsp3) is 0.391. The summed E-state index contributed by atoms with van der Waals surface area (Å²) in [6.45, 7) is 2.08. The van der Waals surface area contributed by atoms with Crippen molar-refractivity contribution in [2.45, 2.75) is 38.4 Å². The Morgan fingerprint density at radius 3 is 2.47 bits per heavy atom. The third-order valence-corrected chi connectivity index (χ3v) is 5.51. The van der Waals surface area contributed by atoms with Gasteiger partial charge in [-0.2, -0.15) is 13.2 Å². The standard InChI is InChI=1S/C23H25F3N2O2/c1-16(29)28-15-19(22(30)27-13-12-17-6-3-2-4-7-17)10-11-21(28)18-8-5-9-20(14-18)23(24,25)26/h2-9,14,19,21H,10-13,15H2,1H3,(H,27,30). The molecule has 160 valence electrons. The number of piperidine rings is 1. The van der Waals surface area contributed by atoms with Crippen LogP contribution in [0.4, 0.5) is 13.2 Å². The quantitative estimate of drug-likeness (QED) is 0.784. The Labute approximate surface area is 174 Å². The van der Waals surface area contributed by atoms with E-state index in [1.54, 1.807) is 6.07 Å². The molecular weight excluding hydrogens is 393 g/mol. The number of hydrogen-bond acceptors (Lipinski definition) is 2. The highest BCUT2D eigenvalue weighted by atomic mass is 19.4. The fourth-order valence-electron chi connectivity index (χ4n) is 3.92. The summed E-state index contributed by atoms with van der Waals surface area (Å²) in [5.74, 6) is -0.745. The summed E-state index contributed by atoms with van der Waals surface area (Å²) in [6.07, 6.45) is -2.77. The van der Waals surface area contributed by atoms with Gasteiger partial charge in [0.15, 0.2) is 0 Å². The first-order valence-electron chi connectivity index (χ1n) is 10.0. The molecule has 1 N–H and O–H groups in total. The van der Waals surface area contributed by atoms with E-state index in [0.29, 0.717) is 31.4 Å². The number of alkyl halides is 3. The van der Waals surface area contributed by atoms with Crippen molar-refractivity contribution in [3.05, 3.63) is 71.3 Å². The van der Waals surface area contributed by atoms with Gasteiger partial charge in [0.05, 0.1) is 17.5 Å². The molecule has 0 radical (unpaired) electrons. The van der Waals surface area contributed by atoms with Gasteiger partial charge in [0, 0.05) is 20.0 Å². The number of halogens is 3. The van der Waals surface area contributed by atoms with Gasteiger partial charge in [0.1, 0.15) is 0 Å². The molecule has 0 saturated carbocycles. The topological polar surface area (TPSA) is 49.4 Å². The van der Waals surface area contributed by atoms with Crippen LogP contribution in [0.2, 0.25) is 0 Å². The Kier molecular flexibility index (Phi) is 6.80. The lowest BCUT2D eigenvalue weighted by atomic mass is 9.87. The number of nitrogens with one attached hydrogen (secondary N) is 1. The van der Waals surface area contributed by atoms with E-state index < -0.39 is 17.8 Å². The van der Waals surface area contributed by atoms with Gasteiger partial charge in [0.2, 0.25) is 11.8 Å². The number of rotatable bonds is 5. The van der Waals surface area contributed by atoms with Gasteiger partial charge >= 0.3 is 6.18 Å². The van der Waals surface area contributed by atoms with E-state index in [9.17, 15) is 22.8 Å². The molecule has 0 bridgehead atoms. The molecule has 1 aliphatic rings. The Bertz CT molecular complexity index is 884. The van der Waals surface area contributed by atoms with E-state index in [2.05, 4.69) is 5.32 Å². The zero-order valence-corrected chi connectivity index (χ0v) is 16.8. The monoisotopic (exact) mass is 418 g/mol. The summed E-state index contributed by atoms with van der Waals surface area (Å²) >= 11 is 0. The van der Waals surface area contributed by atoms with Crippen LogP contribution in [-0.2, 0) is 22.2 Å². The zero-order valence-electron chi connectivity index (χ0n) is 16.8. The lowest BCUT2D eigenvalue weighted by Gasteiger charge is -2.39. The molecule has 2 aromatic carbocycles. The van der Waals surface area contributed by atoms with Crippen LogP contribution in [0.1, 0.15) is 42.5 Å². The van der Waals surface area contributed by atoms with E-state index in [-0.39, 0.29) is 24.3 Å². The number of carbonyl (C=O) groups excluding carboxylic acids is 2. The second kappa shape index (κ2) is 9.32. The molecule has 2 atom stereocenters. The van der Waals surface area contributed by atoms with Crippen molar-refractivity contribution in [1.29, 1.82) is 0 Å². The van der Waals surface area contributed by atoms with Crippen molar-refractivity contribution in [3.8, 4) is 0 Å². The lowest BCUT2D eigenvalue weighted by molar-refractivity contribution is -0.137. The van der Waals surface area contributed by atoms with Crippen molar-refractivity contribution < 1.29 is 22.8 Å². The second-order valence-electron chi connectivity index (χ2n) is 7.61. The molecular formula is C23H25F3N2O2. The highest BCUT2D eigenvalue weighted by Gasteiger charge is 2.36. The van der Waals surface area contributed by atoms with Crippen molar-refractivity contribution in [3.63, 3.8) is 0 Å². The summed E-state index contributed by atoms with van der Waals surface area (Å²) in [7, 11) is 0. The minimum atomic E-state index is -4.44. The highest BCUT2D eigenvalue weighted by Crippen LogP contribution is 2.36. The first-order chi connectivity index (χ1) is 14.3. The molecule has 4 nitrogen and oxygen atoms in total. The van der Waals surface area contributed by atoms with E-state index in [1.807, 2.05) is 30.3 Å². The molecule has 1 aliphatic heterocycles. The number of benzene rings is 2. The number of likely N-dealkylation sites (tertiary alicyclic amines) is 1. The molecule has 2 unspecified atom stereocenters. The summed E-state index contributed by atoms with van der Waals surface area (Å²) in [5, 5.41) is 2.92. The molecule has 0 aromatic heterocycles. The number of nitrogens with zero attached hydrogens (tertiary/aromatic N) is 1. The van der Waals surface area contributed by atoms with E-state index in [4.69, 9.17) is 0 Å². The van der Waals surface area contributed by atoms with Crippen molar-refractivity contribution in [2.75, 3.05) is 13.1 Å². The van der Waals surface area contributed by atoms with E-state index >= 15 is 0 Å². The van der Waals surface area contributed by atoms with Crippen molar-refractivity contribution >= 4 is 11.8 Å². The largest absolute Gasteiger partial charge is 0.416 e. The van der Waals surface area contributed by atoms with Gasteiger partial charge < -0.3 is 10.2 Å². The minimum Gasteiger partial charge on any atom is -0.355 e. The predicted molar refractivity (Wildman–Crippen MR) is 107 cm³/mol. The SMILES string of the molecule is CC(=O)N1CC(C(=O)NCCc2ccccc2)CCC1c1cccc(C(F)(F)F)c1. The first kappa shape index (κ1) is 21.9. The van der Waals surface area contributed by atoms with Crippen LogP contribution >= 0.6 is 0 Å². The van der Waals surface area contributed by atoms with Crippen molar-refractivity contribution in [2.24, 2.45) is 5.92 Å². The zero-order chi connectivity index (χ0) is 21.7. The van der Waals surface area contributed by atoms with Crippen LogP contribution in [0.25, 0.3) is 0 Å². The number of hydrogen-bond donors (Lipinski definition) is 1. The van der Waals surface area contributed by atoms with Gasteiger partial charge in [-0.1, -0.05) is 42.5 Å². The van der Waals surface area contributed by atoms with Gasteiger partial charge in [-0.05, 0) is 42.5 Å². The summed E-state index contributed by atoms with van der Waals surface area (Å²) in [5.41, 5.74) is 0.837. The maximum absolute atomic E-state index is 13.1. The maximum atomic E-state index is 13.1. The van der Waals surface area contributed by atoms with E-state index in [1.165, 1.54) is 17.9 Å². The Morgan fingerprint density at radius 1 is 1.07 bits per heavy atom. The number of carbonyl (C=O) groups is 2. The van der Waals surface area contributed by atoms with Crippen LogP contribution in [0, 0.1) is 5.92 Å². The second-order valence-corrected chi connectivity index (χ2v) is 7.61. The van der Waals surface area contributed by atoms with Crippen LogP contribution < -0.4 is 5.32 Å². The third-order valence-electron chi connectivity index (χ3n) is 5.51. The maximum Gasteiger partial charge on any atom is 0.416 e. The average Bonchev–Trinajstić information content (AvgIpc) is 2.73. The molecule has 7 heteroatoms. The molecule has 1 fully saturated rings. The third kappa shape index (κ3) is 5.40. The van der Waals surface area contributed by atoms with Crippen LogP contribution in [0.3, 0.4) is 0 Å². The molecule has 30 heavy (non-hydrogen) atoms. The predicted octanol–water partition coefficient (Wildman–Crippen LogP) is 4.36. The molecule has 0 aliphatic carbocycles. The van der Waals surface area contributed by atoms with Crippen molar-refractivity contribution in [1.82, 2.24) is 10.2 Å². The van der Waals surface area contributed by atoms with Gasteiger partial charge in [0.25, 0.3) is 0 Å². The first-order valence-corrected chi connectivity index (χ1v) is 10.0.